The molecule has 0 radical (unpaired) electrons. The minimum atomic E-state index is -0.0258. The van der Waals surface area contributed by atoms with Gasteiger partial charge in [0.1, 0.15) is 4.88 Å². The molecule has 1 amide bonds. The molecular weight excluding hydrogens is 282 g/mol. The average Bonchev–Trinajstić information content (AvgIpc) is 2.96. The number of thiophene rings is 1. The fourth-order valence-corrected chi connectivity index (χ4v) is 2.73. The Bertz CT molecular complexity index is 652. The molecule has 1 heterocycles. The van der Waals surface area contributed by atoms with Crippen molar-refractivity contribution in [1.82, 2.24) is 4.90 Å². The Kier molecular flexibility index (Phi) is 5.56. The van der Waals surface area contributed by atoms with Crippen molar-refractivity contribution in [2.75, 3.05) is 13.7 Å². The molecule has 1 aromatic carbocycles. The van der Waals surface area contributed by atoms with Crippen LogP contribution in [0.25, 0.3) is 0 Å². The van der Waals surface area contributed by atoms with Crippen molar-refractivity contribution in [3.63, 3.8) is 0 Å². The normalized spacial score (nSPS) is 9.81. The Morgan fingerprint density at radius 3 is 2.76 bits per heavy atom. The molecule has 4 heteroatoms. The highest BCUT2D eigenvalue weighted by atomic mass is 32.1. The van der Waals surface area contributed by atoms with Crippen molar-refractivity contribution >= 4 is 17.2 Å². The molecule has 0 aliphatic rings. The zero-order valence-corrected chi connectivity index (χ0v) is 12.7. The lowest BCUT2D eigenvalue weighted by Gasteiger charge is -2.16. The highest BCUT2D eigenvalue weighted by molar-refractivity contribution is 7.12. The predicted molar refractivity (Wildman–Crippen MR) is 85.1 cm³/mol. The standard InChI is InChI=1S/C17H17NO2S/c1-18(13-14-7-3-2-4-8-14)17(20)16-15(10-12-21-16)9-5-6-11-19/h2-4,7-8,10,12,19H,6,11,13H2,1H3. The summed E-state index contributed by atoms with van der Waals surface area (Å²) in [5.74, 6) is 5.78. The smallest absolute Gasteiger partial charge is 0.265 e. The second-order valence-electron chi connectivity index (χ2n) is 4.59. The van der Waals surface area contributed by atoms with Crippen molar-refractivity contribution in [2.45, 2.75) is 13.0 Å². The van der Waals surface area contributed by atoms with Gasteiger partial charge < -0.3 is 10.0 Å². The second-order valence-corrected chi connectivity index (χ2v) is 5.50. The van der Waals surface area contributed by atoms with E-state index in [1.807, 2.05) is 41.8 Å². The highest BCUT2D eigenvalue weighted by Crippen LogP contribution is 2.18. The molecule has 0 unspecified atom stereocenters. The first-order valence-electron chi connectivity index (χ1n) is 6.69. The number of hydrogen-bond donors (Lipinski definition) is 1. The summed E-state index contributed by atoms with van der Waals surface area (Å²) in [6, 6.07) is 11.7. The first-order chi connectivity index (χ1) is 10.2. The maximum atomic E-state index is 12.5. The summed E-state index contributed by atoms with van der Waals surface area (Å²) in [6.45, 7) is 0.607. The topological polar surface area (TPSA) is 40.5 Å². The fourth-order valence-electron chi connectivity index (χ4n) is 1.89. The van der Waals surface area contributed by atoms with Crippen molar-refractivity contribution in [3.8, 4) is 11.8 Å². The molecule has 0 bridgehead atoms. The van der Waals surface area contributed by atoms with Crippen LogP contribution in [0.15, 0.2) is 41.8 Å². The molecule has 2 rings (SSSR count). The number of aliphatic hydroxyl groups excluding tert-OH is 1. The molecule has 0 saturated heterocycles. The number of carbonyl (C=O) groups is 1. The Balaban J connectivity index is 2.10. The summed E-state index contributed by atoms with van der Waals surface area (Å²) >= 11 is 1.40. The lowest BCUT2D eigenvalue weighted by atomic mass is 10.2. The van der Waals surface area contributed by atoms with Crippen LogP contribution in [0.5, 0.6) is 0 Å². The monoisotopic (exact) mass is 299 g/mol. The Morgan fingerprint density at radius 1 is 1.29 bits per heavy atom. The van der Waals surface area contributed by atoms with Crippen LogP contribution in [-0.4, -0.2) is 29.6 Å². The molecule has 0 saturated carbocycles. The van der Waals surface area contributed by atoms with Gasteiger partial charge in [-0.2, -0.15) is 0 Å². The summed E-state index contributed by atoms with van der Waals surface area (Å²) in [5.41, 5.74) is 1.83. The molecule has 2 aromatic rings. The van der Waals surface area contributed by atoms with Crippen LogP contribution >= 0.6 is 11.3 Å². The van der Waals surface area contributed by atoms with E-state index >= 15 is 0 Å². The minimum absolute atomic E-state index is 0.0258. The number of rotatable bonds is 4. The molecule has 0 aliphatic heterocycles. The van der Waals surface area contributed by atoms with Crippen LogP contribution in [0, 0.1) is 11.8 Å². The number of aliphatic hydroxyl groups is 1. The van der Waals surface area contributed by atoms with Crippen LogP contribution in [0.2, 0.25) is 0 Å². The maximum Gasteiger partial charge on any atom is 0.265 e. The fraction of sp³-hybridized carbons (Fsp3) is 0.235. The lowest BCUT2D eigenvalue weighted by molar-refractivity contribution is 0.0789. The Morgan fingerprint density at radius 2 is 2.05 bits per heavy atom. The zero-order valence-electron chi connectivity index (χ0n) is 11.9. The molecule has 0 spiro atoms. The number of carbonyl (C=O) groups excluding carboxylic acids is 1. The van der Waals surface area contributed by atoms with Gasteiger partial charge >= 0.3 is 0 Å². The number of hydrogen-bond acceptors (Lipinski definition) is 3. The first kappa shape index (κ1) is 15.3. The third kappa shape index (κ3) is 4.19. The predicted octanol–water partition coefficient (Wildman–Crippen LogP) is 2.75. The third-order valence-corrected chi connectivity index (χ3v) is 3.83. The van der Waals surface area contributed by atoms with E-state index in [1.54, 1.807) is 11.9 Å². The van der Waals surface area contributed by atoms with Crippen LogP contribution in [0.4, 0.5) is 0 Å². The molecule has 21 heavy (non-hydrogen) atoms. The summed E-state index contributed by atoms with van der Waals surface area (Å²) in [7, 11) is 1.79. The zero-order chi connectivity index (χ0) is 15.1. The molecule has 0 aliphatic carbocycles. The van der Waals surface area contributed by atoms with Gasteiger partial charge in [-0.25, -0.2) is 0 Å². The van der Waals surface area contributed by atoms with Gasteiger partial charge in [-0.3, -0.25) is 4.79 Å². The molecule has 0 atom stereocenters. The van der Waals surface area contributed by atoms with Gasteiger partial charge in [-0.15, -0.1) is 11.3 Å². The lowest BCUT2D eigenvalue weighted by Crippen LogP contribution is -2.25. The van der Waals surface area contributed by atoms with E-state index in [9.17, 15) is 4.79 Å². The Hall–Kier alpha value is -2.09. The van der Waals surface area contributed by atoms with Gasteiger partial charge in [0.15, 0.2) is 0 Å². The Labute approximate surface area is 128 Å². The van der Waals surface area contributed by atoms with Gasteiger partial charge in [-0.05, 0) is 17.0 Å². The molecular formula is C17H17NO2S. The minimum Gasteiger partial charge on any atom is -0.395 e. The van der Waals surface area contributed by atoms with Crippen molar-refractivity contribution in [2.24, 2.45) is 0 Å². The average molecular weight is 299 g/mol. The summed E-state index contributed by atoms with van der Waals surface area (Å²) in [4.78, 5) is 14.8. The van der Waals surface area contributed by atoms with Crippen molar-refractivity contribution < 1.29 is 9.90 Å². The van der Waals surface area contributed by atoms with Gasteiger partial charge in [0.2, 0.25) is 0 Å². The van der Waals surface area contributed by atoms with Crippen molar-refractivity contribution in [3.05, 3.63) is 57.8 Å². The van der Waals surface area contributed by atoms with E-state index in [-0.39, 0.29) is 12.5 Å². The van der Waals surface area contributed by atoms with E-state index in [0.717, 1.165) is 11.1 Å². The number of nitrogens with zero attached hydrogens (tertiary/aromatic N) is 1. The van der Waals surface area contributed by atoms with E-state index in [2.05, 4.69) is 11.8 Å². The molecule has 1 aromatic heterocycles. The molecule has 0 fully saturated rings. The first-order valence-corrected chi connectivity index (χ1v) is 7.57. The highest BCUT2D eigenvalue weighted by Gasteiger charge is 2.16. The maximum absolute atomic E-state index is 12.5. The summed E-state index contributed by atoms with van der Waals surface area (Å²) in [5, 5.41) is 10.6. The van der Waals surface area contributed by atoms with Gasteiger partial charge in [0, 0.05) is 25.6 Å². The van der Waals surface area contributed by atoms with Gasteiger partial charge in [-0.1, -0.05) is 42.2 Å². The van der Waals surface area contributed by atoms with Gasteiger partial charge in [0.05, 0.1) is 6.61 Å². The van der Waals surface area contributed by atoms with Crippen LogP contribution < -0.4 is 0 Å². The van der Waals surface area contributed by atoms with E-state index < -0.39 is 0 Å². The SMILES string of the molecule is CN(Cc1ccccc1)C(=O)c1sccc1C#CCCO. The molecule has 3 nitrogen and oxygen atoms in total. The van der Waals surface area contributed by atoms with Gasteiger partial charge in [0.25, 0.3) is 5.91 Å². The molecule has 108 valence electrons. The largest absolute Gasteiger partial charge is 0.395 e. The van der Waals surface area contributed by atoms with E-state index in [1.165, 1.54) is 11.3 Å². The number of amides is 1. The third-order valence-electron chi connectivity index (χ3n) is 2.93. The quantitative estimate of drug-likeness (QED) is 0.882. The number of benzene rings is 1. The molecule has 1 N–H and O–H groups in total. The summed E-state index contributed by atoms with van der Waals surface area (Å²) < 4.78 is 0. The van der Waals surface area contributed by atoms with E-state index in [0.29, 0.717) is 17.8 Å². The van der Waals surface area contributed by atoms with Crippen LogP contribution in [0.1, 0.15) is 27.2 Å². The van der Waals surface area contributed by atoms with Crippen molar-refractivity contribution in [1.29, 1.82) is 0 Å². The second kappa shape index (κ2) is 7.63. The van der Waals surface area contributed by atoms with Crippen LogP contribution in [-0.2, 0) is 6.54 Å². The van der Waals surface area contributed by atoms with Crippen LogP contribution in [0.3, 0.4) is 0 Å². The van der Waals surface area contributed by atoms with E-state index in [4.69, 9.17) is 5.11 Å². The summed E-state index contributed by atoms with van der Waals surface area (Å²) in [6.07, 6.45) is 0.420.